The molecule has 4 nitrogen and oxygen atoms in total. The van der Waals surface area contributed by atoms with Crippen molar-refractivity contribution in [2.45, 2.75) is 12.7 Å². The van der Waals surface area contributed by atoms with E-state index in [0.29, 0.717) is 11.3 Å². The zero-order chi connectivity index (χ0) is 18.0. The Morgan fingerprint density at radius 3 is 2.44 bits per heavy atom. The number of benzene rings is 2. The maximum Gasteiger partial charge on any atom is 0.416 e. The normalized spacial score (nSPS) is 11.6. The number of hydrogen-bond donors (Lipinski definition) is 1. The molecule has 0 aliphatic carbocycles. The smallest absolute Gasteiger partial charge is 0.375 e. The van der Waals surface area contributed by atoms with Crippen LogP contribution in [0.4, 0.5) is 23.2 Å². The molecule has 0 unspecified atom stereocenters. The first-order valence-corrected chi connectivity index (χ1v) is 7.40. The third-order valence-electron chi connectivity index (χ3n) is 3.30. The highest BCUT2D eigenvalue weighted by molar-refractivity contribution is 6.33. The molecule has 9 heteroatoms. The third-order valence-corrected chi connectivity index (χ3v) is 3.61. The van der Waals surface area contributed by atoms with Gasteiger partial charge in [0.25, 0.3) is 0 Å². The summed E-state index contributed by atoms with van der Waals surface area (Å²) in [5.74, 6) is -0.0936. The Kier molecular flexibility index (Phi) is 4.63. The Bertz CT molecular complexity index is 878. The maximum absolute atomic E-state index is 13.0. The molecule has 0 radical (unpaired) electrons. The largest absolute Gasteiger partial charge is 0.416 e. The summed E-state index contributed by atoms with van der Waals surface area (Å²) in [6.45, 7) is 0.124. The molecule has 0 saturated heterocycles. The van der Waals surface area contributed by atoms with Gasteiger partial charge in [0.15, 0.2) is 0 Å². The molecule has 0 spiro atoms. The second kappa shape index (κ2) is 6.72. The lowest BCUT2D eigenvalue weighted by Gasteiger charge is -2.06. The minimum absolute atomic E-state index is 0.124. The lowest BCUT2D eigenvalue weighted by atomic mass is 10.1. The average Bonchev–Trinajstić information content (AvgIpc) is 3.02. The van der Waals surface area contributed by atoms with E-state index in [1.807, 2.05) is 0 Å². The molecule has 130 valence electrons. The Morgan fingerprint density at radius 2 is 1.80 bits per heavy atom. The molecular weight excluding hydrogens is 362 g/mol. The van der Waals surface area contributed by atoms with Crippen LogP contribution in [0, 0.1) is 5.82 Å². The summed E-state index contributed by atoms with van der Waals surface area (Å²) >= 11 is 5.89. The molecule has 3 aromatic rings. The summed E-state index contributed by atoms with van der Waals surface area (Å²) in [6, 6.07) is 8.29. The summed E-state index contributed by atoms with van der Waals surface area (Å²) in [5.41, 5.74) is 0.118. The Balaban J connectivity index is 1.70. The van der Waals surface area contributed by atoms with Crippen LogP contribution >= 0.6 is 11.6 Å². The number of anilines is 1. The second-order valence-corrected chi connectivity index (χ2v) is 5.47. The highest BCUT2D eigenvalue weighted by Crippen LogP contribution is 2.30. The van der Waals surface area contributed by atoms with Crippen molar-refractivity contribution in [1.82, 2.24) is 10.1 Å². The highest BCUT2D eigenvalue weighted by atomic mass is 35.5. The molecule has 0 amide bonds. The SMILES string of the molecule is Fc1ccc(NCc2nc(-c3ccc(C(F)(F)F)cc3)no2)c(Cl)c1. The van der Waals surface area contributed by atoms with Gasteiger partial charge in [0.05, 0.1) is 22.8 Å². The predicted octanol–water partition coefficient (Wildman–Crippen LogP) is 5.16. The van der Waals surface area contributed by atoms with E-state index in [4.69, 9.17) is 16.1 Å². The monoisotopic (exact) mass is 371 g/mol. The molecule has 1 N–H and O–H groups in total. The Labute approximate surface area is 144 Å². The van der Waals surface area contributed by atoms with Crippen LogP contribution in [0.2, 0.25) is 5.02 Å². The van der Waals surface area contributed by atoms with Crippen molar-refractivity contribution in [1.29, 1.82) is 0 Å². The quantitative estimate of drug-likeness (QED) is 0.644. The van der Waals surface area contributed by atoms with E-state index in [2.05, 4.69) is 15.5 Å². The molecule has 2 aromatic carbocycles. The van der Waals surface area contributed by atoms with Crippen LogP contribution in [0.1, 0.15) is 11.5 Å². The van der Waals surface area contributed by atoms with E-state index in [0.717, 1.165) is 18.2 Å². The first-order valence-electron chi connectivity index (χ1n) is 7.02. The first kappa shape index (κ1) is 17.2. The summed E-state index contributed by atoms with van der Waals surface area (Å²) in [7, 11) is 0. The van der Waals surface area contributed by atoms with Crippen LogP contribution < -0.4 is 5.32 Å². The van der Waals surface area contributed by atoms with Gasteiger partial charge in [-0.2, -0.15) is 18.2 Å². The van der Waals surface area contributed by atoms with E-state index in [9.17, 15) is 17.6 Å². The van der Waals surface area contributed by atoms with Gasteiger partial charge in [-0.15, -0.1) is 0 Å². The second-order valence-electron chi connectivity index (χ2n) is 5.06. The molecule has 0 aliphatic heterocycles. The van der Waals surface area contributed by atoms with Crippen molar-refractivity contribution in [3.63, 3.8) is 0 Å². The van der Waals surface area contributed by atoms with Gasteiger partial charge in [0.2, 0.25) is 11.7 Å². The van der Waals surface area contributed by atoms with Gasteiger partial charge in [0, 0.05) is 5.56 Å². The standard InChI is InChI=1S/C16H10ClF4N3O/c17-12-7-11(18)5-6-13(12)22-8-14-23-15(24-25-14)9-1-3-10(4-2-9)16(19,20)21/h1-7,22H,8H2. The van der Waals surface area contributed by atoms with Crippen molar-refractivity contribution in [3.8, 4) is 11.4 Å². The van der Waals surface area contributed by atoms with Gasteiger partial charge in [-0.25, -0.2) is 4.39 Å². The topological polar surface area (TPSA) is 51.0 Å². The highest BCUT2D eigenvalue weighted by Gasteiger charge is 2.30. The predicted molar refractivity (Wildman–Crippen MR) is 83.5 cm³/mol. The van der Waals surface area contributed by atoms with E-state index in [-0.39, 0.29) is 23.3 Å². The Hall–Kier alpha value is -2.61. The van der Waals surface area contributed by atoms with E-state index in [1.165, 1.54) is 24.3 Å². The minimum atomic E-state index is -4.40. The minimum Gasteiger partial charge on any atom is -0.375 e. The molecular formula is C16H10ClF4N3O. The zero-order valence-electron chi connectivity index (χ0n) is 12.4. The summed E-state index contributed by atoms with van der Waals surface area (Å²) < 4.78 is 55.7. The van der Waals surface area contributed by atoms with Crippen molar-refractivity contribution >= 4 is 17.3 Å². The van der Waals surface area contributed by atoms with Crippen LogP contribution in [0.5, 0.6) is 0 Å². The molecule has 0 saturated carbocycles. The first-order chi connectivity index (χ1) is 11.8. The van der Waals surface area contributed by atoms with Crippen LogP contribution in [0.25, 0.3) is 11.4 Å². The maximum atomic E-state index is 13.0. The van der Waals surface area contributed by atoms with Gasteiger partial charge in [-0.3, -0.25) is 0 Å². The lowest BCUT2D eigenvalue weighted by molar-refractivity contribution is -0.137. The molecule has 0 bridgehead atoms. The zero-order valence-corrected chi connectivity index (χ0v) is 13.2. The van der Waals surface area contributed by atoms with Gasteiger partial charge in [-0.05, 0) is 30.3 Å². The molecule has 0 aliphatic rings. The number of halogens is 5. The summed E-state index contributed by atoms with van der Waals surface area (Å²) in [5, 5.41) is 6.83. The third kappa shape index (κ3) is 4.08. The fraction of sp³-hybridized carbons (Fsp3) is 0.125. The number of aromatic nitrogens is 2. The Morgan fingerprint density at radius 1 is 1.08 bits per heavy atom. The number of nitrogens with zero attached hydrogens (tertiary/aromatic N) is 2. The van der Waals surface area contributed by atoms with Gasteiger partial charge >= 0.3 is 6.18 Å². The van der Waals surface area contributed by atoms with Crippen LogP contribution in [-0.2, 0) is 12.7 Å². The van der Waals surface area contributed by atoms with Crippen molar-refractivity contribution in [2.24, 2.45) is 0 Å². The van der Waals surface area contributed by atoms with Crippen LogP contribution in [0.15, 0.2) is 47.0 Å². The van der Waals surface area contributed by atoms with Gasteiger partial charge in [0.1, 0.15) is 5.82 Å². The van der Waals surface area contributed by atoms with Crippen molar-refractivity contribution in [3.05, 3.63) is 64.8 Å². The van der Waals surface area contributed by atoms with E-state index in [1.54, 1.807) is 0 Å². The fourth-order valence-electron chi connectivity index (χ4n) is 2.06. The molecule has 3 rings (SSSR count). The molecule has 25 heavy (non-hydrogen) atoms. The summed E-state index contributed by atoms with van der Waals surface area (Å²) in [4.78, 5) is 4.10. The molecule has 0 atom stereocenters. The van der Waals surface area contributed by atoms with Crippen molar-refractivity contribution < 1.29 is 22.1 Å². The number of rotatable bonds is 4. The molecule has 1 aromatic heterocycles. The van der Waals surface area contributed by atoms with E-state index < -0.39 is 17.6 Å². The number of hydrogen-bond acceptors (Lipinski definition) is 4. The average molecular weight is 372 g/mol. The summed E-state index contributed by atoms with van der Waals surface area (Å²) in [6.07, 6.45) is -4.40. The van der Waals surface area contributed by atoms with E-state index >= 15 is 0 Å². The molecule has 1 heterocycles. The molecule has 0 fully saturated rings. The van der Waals surface area contributed by atoms with Crippen molar-refractivity contribution in [2.75, 3.05) is 5.32 Å². The van der Waals surface area contributed by atoms with Crippen LogP contribution in [-0.4, -0.2) is 10.1 Å². The van der Waals surface area contributed by atoms with Gasteiger partial charge in [-0.1, -0.05) is 28.9 Å². The lowest BCUT2D eigenvalue weighted by Crippen LogP contribution is -2.04. The van der Waals surface area contributed by atoms with Crippen LogP contribution in [0.3, 0.4) is 0 Å². The number of nitrogens with one attached hydrogen (secondary N) is 1. The fourth-order valence-corrected chi connectivity index (χ4v) is 2.29. The van der Waals surface area contributed by atoms with Gasteiger partial charge < -0.3 is 9.84 Å². The number of alkyl halides is 3.